The van der Waals surface area contributed by atoms with Crippen molar-refractivity contribution in [1.82, 2.24) is 15.3 Å². The molecule has 0 saturated heterocycles. The molecule has 166 valence electrons. The zero-order valence-electron chi connectivity index (χ0n) is 18.0. The van der Waals surface area contributed by atoms with Crippen molar-refractivity contribution < 1.29 is 9.59 Å². The maximum Gasteiger partial charge on any atom is 0.323 e. The molecule has 2 aromatic heterocycles. The predicted octanol–water partition coefficient (Wildman–Crippen LogP) is 5.02. The van der Waals surface area contributed by atoms with Gasteiger partial charge in [0, 0.05) is 41.3 Å². The van der Waals surface area contributed by atoms with Gasteiger partial charge in [-0.2, -0.15) is 0 Å². The molecule has 2 heterocycles. The molecular formula is C25H23N5O2S. The highest BCUT2D eigenvalue weighted by Gasteiger charge is 2.10. The first-order chi connectivity index (χ1) is 16.0. The third-order valence-corrected chi connectivity index (χ3v) is 5.69. The molecule has 0 atom stereocenters. The minimum absolute atomic E-state index is 0.117. The van der Waals surface area contributed by atoms with E-state index < -0.39 is 0 Å². The molecule has 0 spiro atoms. The number of hydrogen-bond acceptors (Lipinski definition) is 5. The van der Waals surface area contributed by atoms with Crippen LogP contribution in [0.25, 0.3) is 10.6 Å². The maximum atomic E-state index is 12.4. The Balaban J connectivity index is 1.28. The van der Waals surface area contributed by atoms with Crippen LogP contribution in [0.5, 0.6) is 0 Å². The zero-order chi connectivity index (χ0) is 23.0. The first kappa shape index (κ1) is 22.2. The largest absolute Gasteiger partial charge is 0.352 e. The fourth-order valence-corrected chi connectivity index (χ4v) is 4.02. The molecule has 33 heavy (non-hydrogen) atoms. The standard InChI is InChI=1S/C25H23N5O2S/c1-17-5-2-8-20(11-17)29-25(32)30-21-9-3-6-18(12-21)14-27-23(31)13-22-16-33-24(28-22)19-7-4-10-26-15-19/h2-12,15-16H,13-14H2,1H3,(H,27,31)(H2,29,30,32). The molecule has 0 saturated carbocycles. The molecule has 3 N–H and O–H groups in total. The zero-order valence-corrected chi connectivity index (χ0v) is 18.9. The van der Waals surface area contributed by atoms with Crippen molar-refractivity contribution in [3.63, 3.8) is 0 Å². The minimum atomic E-state index is -0.324. The van der Waals surface area contributed by atoms with Gasteiger partial charge in [-0.05, 0) is 54.4 Å². The van der Waals surface area contributed by atoms with E-state index in [1.54, 1.807) is 18.5 Å². The minimum Gasteiger partial charge on any atom is -0.352 e. The Hall–Kier alpha value is -4.04. The highest BCUT2D eigenvalue weighted by Crippen LogP contribution is 2.22. The lowest BCUT2D eigenvalue weighted by atomic mass is 10.2. The quantitative estimate of drug-likeness (QED) is 0.363. The number of carbonyl (C=O) groups is 2. The number of benzene rings is 2. The van der Waals surface area contributed by atoms with Gasteiger partial charge in [0.2, 0.25) is 5.91 Å². The number of rotatable bonds is 7. The monoisotopic (exact) mass is 457 g/mol. The molecule has 8 heteroatoms. The molecule has 0 fully saturated rings. The summed E-state index contributed by atoms with van der Waals surface area (Å²) in [5.41, 5.74) is 4.98. The Morgan fingerprint density at radius 3 is 2.52 bits per heavy atom. The Labute approximate surface area is 195 Å². The van der Waals surface area contributed by atoms with Crippen molar-refractivity contribution in [1.29, 1.82) is 0 Å². The third kappa shape index (κ3) is 6.47. The van der Waals surface area contributed by atoms with E-state index in [9.17, 15) is 9.59 Å². The van der Waals surface area contributed by atoms with E-state index in [-0.39, 0.29) is 18.4 Å². The second-order valence-corrected chi connectivity index (χ2v) is 8.35. The van der Waals surface area contributed by atoms with Crippen LogP contribution in [0.15, 0.2) is 78.4 Å². The molecule has 4 rings (SSSR count). The van der Waals surface area contributed by atoms with E-state index in [0.717, 1.165) is 33.1 Å². The summed E-state index contributed by atoms with van der Waals surface area (Å²) in [5.74, 6) is -0.117. The number of anilines is 2. The molecule has 0 aliphatic rings. The summed E-state index contributed by atoms with van der Waals surface area (Å²) in [7, 11) is 0. The van der Waals surface area contributed by atoms with E-state index in [2.05, 4.69) is 25.9 Å². The molecule has 2 aromatic carbocycles. The molecular weight excluding hydrogens is 434 g/mol. The van der Waals surface area contributed by atoms with Crippen molar-refractivity contribution >= 4 is 34.6 Å². The lowest BCUT2D eigenvalue weighted by Crippen LogP contribution is -2.25. The van der Waals surface area contributed by atoms with Gasteiger partial charge in [-0.15, -0.1) is 11.3 Å². The van der Waals surface area contributed by atoms with Gasteiger partial charge in [0.25, 0.3) is 0 Å². The van der Waals surface area contributed by atoms with E-state index in [1.807, 2.05) is 66.9 Å². The van der Waals surface area contributed by atoms with E-state index in [1.165, 1.54) is 11.3 Å². The number of thiazole rings is 1. The molecule has 0 radical (unpaired) electrons. The van der Waals surface area contributed by atoms with Gasteiger partial charge in [0.15, 0.2) is 0 Å². The van der Waals surface area contributed by atoms with Crippen molar-refractivity contribution in [3.8, 4) is 10.6 Å². The molecule has 7 nitrogen and oxygen atoms in total. The Morgan fingerprint density at radius 1 is 0.970 bits per heavy atom. The molecule has 0 unspecified atom stereocenters. The highest BCUT2D eigenvalue weighted by molar-refractivity contribution is 7.13. The number of urea groups is 1. The number of nitrogens with one attached hydrogen (secondary N) is 3. The molecule has 4 aromatic rings. The normalized spacial score (nSPS) is 10.5. The fourth-order valence-electron chi connectivity index (χ4n) is 3.21. The van der Waals surface area contributed by atoms with Crippen molar-refractivity contribution in [3.05, 3.63) is 95.3 Å². The summed E-state index contributed by atoms with van der Waals surface area (Å²) in [5, 5.41) is 11.3. The Morgan fingerprint density at radius 2 is 1.76 bits per heavy atom. The van der Waals surface area contributed by atoms with Gasteiger partial charge in [0.1, 0.15) is 5.01 Å². The van der Waals surface area contributed by atoms with Gasteiger partial charge in [-0.3, -0.25) is 9.78 Å². The number of nitrogens with zero attached hydrogens (tertiary/aromatic N) is 2. The number of carbonyl (C=O) groups excluding carboxylic acids is 2. The second-order valence-electron chi connectivity index (χ2n) is 7.49. The maximum absolute atomic E-state index is 12.4. The van der Waals surface area contributed by atoms with Crippen molar-refractivity contribution in [2.75, 3.05) is 10.6 Å². The van der Waals surface area contributed by atoms with Crippen LogP contribution in [0, 0.1) is 6.92 Å². The lowest BCUT2D eigenvalue weighted by Gasteiger charge is -2.10. The van der Waals surface area contributed by atoms with Crippen LogP contribution in [0.3, 0.4) is 0 Å². The summed E-state index contributed by atoms with van der Waals surface area (Å²) in [6.07, 6.45) is 3.67. The van der Waals surface area contributed by atoms with Crippen LogP contribution in [-0.2, 0) is 17.8 Å². The number of hydrogen-bond donors (Lipinski definition) is 3. The van der Waals surface area contributed by atoms with E-state index in [0.29, 0.717) is 12.2 Å². The van der Waals surface area contributed by atoms with Gasteiger partial charge < -0.3 is 16.0 Å². The topological polar surface area (TPSA) is 96.0 Å². The average molecular weight is 458 g/mol. The number of aryl methyl sites for hydroxylation is 1. The second kappa shape index (κ2) is 10.5. The Kier molecular flexibility index (Phi) is 7.06. The first-order valence-corrected chi connectivity index (χ1v) is 11.3. The van der Waals surface area contributed by atoms with Crippen LogP contribution in [0.1, 0.15) is 16.8 Å². The first-order valence-electron chi connectivity index (χ1n) is 10.4. The van der Waals surface area contributed by atoms with Crippen LogP contribution in [0.2, 0.25) is 0 Å². The van der Waals surface area contributed by atoms with Crippen LogP contribution in [0.4, 0.5) is 16.2 Å². The van der Waals surface area contributed by atoms with Gasteiger partial charge in [0.05, 0.1) is 12.1 Å². The Bertz CT molecular complexity index is 1260. The summed E-state index contributed by atoms with van der Waals surface area (Å²) in [6, 6.07) is 18.4. The van der Waals surface area contributed by atoms with E-state index >= 15 is 0 Å². The van der Waals surface area contributed by atoms with Gasteiger partial charge in [-0.25, -0.2) is 9.78 Å². The number of amides is 3. The number of aromatic nitrogens is 2. The predicted molar refractivity (Wildman–Crippen MR) is 131 cm³/mol. The fraction of sp³-hybridized carbons (Fsp3) is 0.120. The van der Waals surface area contributed by atoms with Crippen LogP contribution < -0.4 is 16.0 Å². The SMILES string of the molecule is Cc1cccc(NC(=O)Nc2cccc(CNC(=O)Cc3csc(-c4cccnc4)n3)c2)c1. The van der Waals surface area contributed by atoms with Gasteiger partial charge >= 0.3 is 6.03 Å². The van der Waals surface area contributed by atoms with Gasteiger partial charge in [-0.1, -0.05) is 24.3 Å². The van der Waals surface area contributed by atoms with Crippen LogP contribution >= 0.6 is 11.3 Å². The molecule has 0 bridgehead atoms. The summed E-state index contributed by atoms with van der Waals surface area (Å²) in [6.45, 7) is 2.32. The van der Waals surface area contributed by atoms with Crippen molar-refractivity contribution in [2.45, 2.75) is 19.9 Å². The summed E-state index contributed by atoms with van der Waals surface area (Å²) >= 11 is 1.49. The number of pyridine rings is 1. The molecule has 0 aliphatic heterocycles. The summed E-state index contributed by atoms with van der Waals surface area (Å²) in [4.78, 5) is 33.3. The van der Waals surface area contributed by atoms with Crippen molar-refractivity contribution in [2.24, 2.45) is 0 Å². The highest BCUT2D eigenvalue weighted by atomic mass is 32.1. The molecule has 0 aliphatic carbocycles. The third-order valence-electron chi connectivity index (χ3n) is 4.75. The molecule has 3 amide bonds. The smallest absolute Gasteiger partial charge is 0.323 e. The van der Waals surface area contributed by atoms with Crippen LogP contribution in [-0.4, -0.2) is 21.9 Å². The summed E-state index contributed by atoms with van der Waals surface area (Å²) < 4.78 is 0. The lowest BCUT2D eigenvalue weighted by molar-refractivity contribution is -0.120. The average Bonchev–Trinajstić information content (AvgIpc) is 3.27. The van der Waals surface area contributed by atoms with E-state index in [4.69, 9.17) is 0 Å².